The summed E-state index contributed by atoms with van der Waals surface area (Å²) in [6.45, 7) is 2.98. The molecule has 0 aromatic carbocycles. The van der Waals surface area contributed by atoms with Gasteiger partial charge in [-0.15, -0.1) is 11.3 Å². The molecule has 0 aliphatic rings. The molecule has 0 bridgehead atoms. The Morgan fingerprint density at radius 1 is 1.40 bits per heavy atom. The zero-order chi connectivity index (χ0) is 14.5. The second-order valence-corrected chi connectivity index (χ2v) is 5.11. The maximum Gasteiger partial charge on any atom is 0.331 e. The first-order valence-corrected chi connectivity index (χ1v) is 7.10. The van der Waals surface area contributed by atoms with Crippen molar-refractivity contribution < 1.29 is 0 Å². The molecule has 6 heteroatoms. The summed E-state index contributed by atoms with van der Waals surface area (Å²) in [6, 6.07) is 3.29. The van der Waals surface area contributed by atoms with Crippen molar-refractivity contribution >= 4 is 11.3 Å². The second kappa shape index (κ2) is 6.37. The van der Waals surface area contributed by atoms with Crippen molar-refractivity contribution in [2.45, 2.75) is 20.0 Å². The van der Waals surface area contributed by atoms with Gasteiger partial charge in [0.2, 0.25) is 0 Å². The molecule has 0 spiro atoms. The van der Waals surface area contributed by atoms with Crippen LogP contribution in [0.15, 0.2) is 33.3 Å². The van der Waals surface area contributed by atoms with Gasteiger partial charge >= 0.3 is 5.69 Å². The van der Waals surface area contributed by atoms with Crippen LogP contribution in [0.25, 0.3) is 0 Å². The molecule has 0 unspecified atom stereocenters. The van der Waals surface area contributed by atoms with E-state index < -0.39 is 0 Å². The summed E-state index contributed by atoms with van der Waals surface area (Å²) >= 11 is 1.47. The molecule has 0 aliphatic carbocycles. The van der Waals surface area contributed by atoms with E-state index >= 15 is 0 Å². The van der Waals surface area contributed by atoms with Crippen LogP contribution in [0.2, 0.25) is 0 Å². The molecule has 0 saturated heterocycles. The van der Waals surface area contributed by atoms with Gasteiger partial charge in [-0.05, 0) is 13.0 Å². The number of aromatic nitrogens is 2. The molecule has 5 nitrogen and oxygen atoms in total. The first kappa shape index (κ1) is 14.3. The summed E-state index contributed by atoms with van der Waals surface area (Å²) in [7, 11) is 0. The van der Waals surface area contributed by atoms with Crippen LogP contribution in [0.5, 0.6) is 0 Å². The van der Waals surface area contributed by atoms with Crippen LogP contribution in [0.4, 0.5) is 0 Å². The van der Waals surface area contributed by atoms with Crippen LogP contribution < -0.4 is 17.0 Å². The third kappa shape index (κ3) is 3.07. The molecule has 0 aliphatic heterocycles. The average molecular weight is 289 g/mol. The minimum atomic E-state index is -0.289. The Hall–Kier alpha value is -2.10. The fraction of sp³-hybridized carbons (Fsp3) is 0.286. The number of nitrogens with two attached hydrogens (primary N) is 1. The highest BCUT2D eigenvalue weighted by molar-refractivity contribution is 7.10. The van der Waals surface area contributed by atoms with E-state index in [9.17, 15) is 9.59 Å². The molecule has 2 N–H and O–H groups in total. The SMILES string of the molecule is CCn1ccc(=O)n(Cc2cc(C#CCN)cs2)c1=O. The number of rotatable bonds is 3. The molecular weight excluding hydrogens is 274 g/mol. The van der Waals surface area contributed by atoms with Gasteiger partial charge in [-0.2, -0.15) is 0 Å². The van der Waals surface area contributed by atoms with Crippen LogP contribution in [0, 0.1) is 11.8 Å². The Kier molecular flexibility index (Phi) is 4.56. The molecule has 2 heterocycles. The number of thiophene rings is 1. The molecule has 2 aromatic heterocycles. The monoisotopic (exact) mass is 289 g/mol. The minimum Gasteiger partial charge on any atom is -0.320 e. The highest BCUT2D eigenvalue weighted by Crippen LogP contribution is 2.14. The van der Waals surface area contributed by atoms with Gasteiger partial charge in [0.25, 0.3) is 5.56 Å². The Balaban J connectivity index is 2.33. The van der Waals surface area contributed by atoms with Crippen LogP contribution in [0.3, 0.4) is 0 Å². The molecule has 2 rings (SSSR count). The molecule has 0 atom stereocenters. The summed E-state index contributed by atoms with van der Waals surface area (Å²) in [6.07, 6.45) is 1.52. The lowest BCUT2D eigenvalue weighted by atomic mass is 10.3. The van der Waals surface area contributed by atoms with Crippen molar-refractivity contribution in [3.63, 3.8) is 0 Å². The number of hydrogen-bond donors (Lipinski definition) is 1. The standard InChI is InChI=1S/C14H15N3O2S/c1-2-16-7-5-13(18)17(14(16)19)9-12-8-11(10-20-12)4-3-6-15/h5,7-8,10H,2,6,9,15H2,1H3. The van der Waals surface area contributed by atoms with Gasteiger partial charge < -0.3 is 10.3 Å². The number of hydrogen-bond acceptors (Lipinski definition) is 4. The Bertz CT molecular complexity index is 774. The normalized spacial score (nSPS) is 10.1. The third-order valence-electron chi connectivity index (χ3n) is 2.78. The lowest BCUT2D eigenvalue weighted by Crippen LogP contribution is -2.38. The van der Waals surface area contributed by atoms with Gasteiger partial charge in [-0.3, -0.25) is 9.36 Å². The molecule has 0 fully saturated rings. The van der Waals surface area contributed by atoms with Crippen LogP contribution in [-0.2, 0) is 13.1 Å². The highest BCUT2D eigenvalue weighted by Gasteiger charge is 2.06. The molecule has 2 aromatic rings. The van der Waals surface area contributed by atoms with Gasteiger partial charge in [0.05, 0.1) is 13.1 Å². The fourth-order valence-electron chi connectivity index (χ4n) is 1.78. The summed E-state index contributed by atoms with van der Waals surface area (Å²) in [5, 5.41) is 1.89. The first-order valence-electron chi connectivity index (χ1n) is 6.22. The summed E-state index contributed by atoms with van der Waals surface area (Å²) in [5.74, 6) is 5.70. The van der Waals surface area contributed by atoms with Gasteiger partial charge in [0, 0.05) is 34.6 Å². The Morgan fingerprint density at radius 3 is 2.90 bits per heavy atom. The second-order valence-electron chi connectivity index (χ2n) is 4.12. The van der Waals surface area contributed by atoms with Crippen LogP contribution in [0.1, 0.15) is 17.4 Å². The maximum absolute atomic E-state index is 12.1. The van der Waals surface area contributed by atoms with Gasteiger partial charge in [0.15, 0.2) is 0 Å². The minimum absolute atomic E-state index is 0.271. The topological polar surface area (TPSA) is 70.0 Å². The summed E-state index contributed by atoms with van der Waals surface area (Å²) in [4.78, 5) is 24.8. The number of nitrogens with zero attached hydrogens (tertiary/aromatic N) is 2. The van der Waals surface area contributed by atoms with E-state index in [0.29, 0.717) is 13.1 Å². The van der Waals surface area contributed by atoms with E-state index in [1.54, 1.807) is 0 Å². The Morgan fingerprint density at radius 2 is 2.20 bits per heavy atom. The van der Waals surface area contributed by atoms with E-state index in [2.05, 4.69) is 11.8 Å². The van der Waals surface area contributed by atoms with E-state index in [4.69, 9.17) is 5.73 Å². The van der Waals surface area contributed by atoms with Crippen molar-refractivity contribution in [2.75, 3.05) is 6.54 Å². The van der Waals surface area contributed by atoms with Crippen LogP contribution in [-0.4, -0.2) is 15.7 Å². The molecule has 0 radical (unpaired) electrons. The Labute approximate surface area is 120 Å². The van der Waals surface area contributed by atoms with Crippen molar-refractivity contribution in [3.8, 4) is 11.8 Å². The first-order chi connectivity index (χ1) is 9.65. The smallest absolute Gasteiger partial charge is 0.320 e. The van der Waals surface area contributed by atoms with Crippen molar-refractivity contribution in [3.05, 3.63) is 55.0 Å². The maximum atomic E-state index is 12.1. The van der Waals surface area contributed by atoms with E-state index in [1.807, 2.05) is 18.4 Å². The molecule has 0 saturated carbocycles. The molecule has 104 valence electrons. The van der Waals surface area contributed by atoms with Gasteiger partial charge in [0.1, 0.15) is 0 Å². The van der Waals surface area contributed by atoms with E-state index in [0.717, 1.165) is 10.4 Å². The molecule has 0 amide bonds. The van der Waals surface area contributed by atoms with E-state index in [-0.39, 0.29) is 17.8 Å². The molecular formula is C14H15N3O2S. The van der Waals surface area contributed by atoms with E-state index in [1.165, 1.54) is 32.7 Å². The van der Waals surface area contributed by atoms with Gasteiger partial charge in [-0.1, -0.05) is 11.8 Å². The summed E-state index contributed by atoms with van der Waals surface area (Å²) < 4.78 is 2.74. The van der Waals surface area contributed by atoms with Crippen molar-refractivity contribution in [1.29, 1.82) is 0 Å². The van der Waals surface area contributed by atoms with Crippen molar-refractivity contribution in [1.82, 2.24) is 9.13 Å². The predicted molar refractivity (Wildman–Crippen MR) is 80.0 cm³/mol. The summed E-state index contributed by atoms with van der Waals surface area (Å²) in [5.41, 5.74) is 5.60. The van der Waals surface area contributed by atoms with Gasteiger partial charge in [-0.25, -0.2) is 4.79 Å². The zero-order valence-electron chi connectivity index (χ0n) is 11.1. The quantitative estimate of drug-likeness (QED) is 0.834. The lowest BCUT2D eigenvalue weighted by Gasteiger charge is -2.06. The number of aryl methyl sites for hydroxylation is 1. The lowest BCUT2D eigenvalue weighted by molar-refractivity contribution is 0.603. The average Bonchev–Trinajstić information content (AvgIpc) is 2.89. The highest BCUT2D eigenvalue weighted by atomic mass is 32.1. The molecule has 20 heavy (non-hydrogen) atoms. The fourth-order valence-corrected chi connectivity index (χ4v) is 2.58. The van der Waals surface area contributed by atoms with Crippen molar-refractivity contribution in [2.24, 2.45) is 5.73 Å². The van der Waals surface area contributed by atoms with Crippen LogP contribution >= 0.6 is 11.3 Å². The zero-order valence-corrected chi connectivity index (χ0v) is 11.9. The third-order valence-corrected chi connectivity index (χ3v) is 3.70. The largest absolute Gasteiger partial charge is 0.331 e. The predicted octanol–water partition coefficient (Wildman–Crippen LogP) is 0.450.